The predicted octanol–water partition coefficient (Wildman–Crippen LogP) is 4.31. The Morgan fingerprint density at radius 3 is 2.65 bits per heavy atom. The first kappa shape index (κ1) is 12.6. The summed E-state index contributed by atoms with van der Waals surface area (Å²) >= 11 is 7.80. The van der Waals surface area contributed by atoms with Crippen LogP contribution in [-0.2, 0) is 13.1 Å². The summed E-state index contributed by atoms with van der Waals surface area (Å²) in [4.78, 5) is 2.78. The van der Waals surface area contributed by atoms with Crippen LogP contribution in [0, 0.1) is 13.8 Å². The molecule has 1 aromatic heterocycles. The minimum absolute atomic E-state index is 0.798. The number of nitrogens with one attached hydrogen (secondary N) is 1. The molecule has 0 spiro atoms. The summed E-state index contributed by atoms with van der Waals surface area (Å²) in [5, 5.41) is 4.25. The van der Waals surface area contributed by atoms with Crippen molar-refractivity contribution >= 4 is 22.9 Å². The lowest BCUT2D eigenvalue weighted by molar-refractivity contribution is 0.692. The van der Waals surface area contributed by atoms with Crippen molar-refractivity contribution in [3.05, 3.63) is 56.2 Å². The minimum atomic E-state index is 0.798. The molecule has 0 bridgehead atoms. The van der Waals surface area contributed by atoms with E-state index in [-0.39, 0.29) is 0 Å². The van der Waals surface area contributed by atoms with E-state index in [0.717, 1.165) is 18.1 Å². The molecule has 0 amide bonds. The Labute approximate surface area is 111 Å². The summed E-state index contributed by atoms with van der Waals surface area (Å²) in [5.74, 6) is 0. The van der Waals surface area contributed by atoms with Crippen molar-refractivity contribution in [1.29, 1.82) is 0 Å². The van der Waals surface area contributed by atoms with Gasteiger partial charge in [0.2, 0.25) is 0 Å². The third kappa shape index (κ3) is 3.56. The molecule has 0 saturated heterocycles. The zero-order chi connectivity index (χ0) is 12.3. The highest BCUT2D eigenvalue weighted by Crippen LogP contribution is 2.20. The first-order chi connectivity index (χ1) is 8.15. The standard InChI is InChI=1S/C14H16ClNS/c1-10-6-13(11(2)17-10)9-16-8-12-4-3-5-14(15)7-12/h3-7,16H,8-9H2,1-2H3. The van der Waals surface area contributed by atoms with Gasteiger partial charge in [-0.3, -0.25) is 0 Å². The second kappa shape index (κ2) is 5.67. The highest BCUT2D eigenvalue weighted by Gasteiger charge is 2.02. The van der Waals surface area contributed by atoms with E-state index in [0.29, 0.717) is 0 Å². The highest BCUT2D eigenvalue weighted by molar-refractivity contribution is 7.12. The van der Waals surface area contributed by atoms with Gasteiger partial charge in [-0.05, 0) is 43.2 Å². The van der Waals surface area contributed by atoms with Crippen molar-refractivity contribution in [3.8, 4) is 0 Å². The maximum Gasteiger partial charge on any atom is 0.0409 e. The van der Waals surface area contributed by atoms with Gasteiger partial charge in [-0.1, -0.05) is 23.7 Å². The molecule has 0 atom stereocenters. The average Bonchev–Trinajstić information content (AvgIpc) is 2.58. The number of rotatable bonds is 4. The number of benzene rings is 1. The van der Waals surface area contributed by atoms with Crippen molar-refractivity contribution in [2.75, 3.05) is 0 Å². The van der Waals surface area contributed by atoms with Crippen LogP contribution in [0.5, 0.6) is 0 Å². The first-order valence-corrected chi connectivity index (χ1v) is 6.85. The third-order valence-corrected chi connectivity index (χ3v) is 3.92. The van der Waals surface area contributed by atoms with Gasteiger partial charge in [-0.25, -0.2) is 0 Å². The van der Waals surface area contributed by atoms with Crippen LogP contribution in [0.1, 0.15) is 20.9 Å². The van der Waals surface area contributed by atoms with Crippen LogP contribution in [0.2, 0.25) is 5.02 Å². The van der Waals surface area contributed by atoms with Crippen LogP contribution < -0.4 is 5.32 Å². The van der Waals surface area contributed by atoms with Gasteiger partial charge in [-0.15, -0.1) is 11.3 Å². The van der Waals surface area contributed by atoms with Gasteiger partial charge in [0, 0.05) is 27.9 Å². The molecular weight excluding hydrogens is 250 g/mol. The van der Waals surface area contributed by atoms with Gasteiger partial charge in [0.05, 0.1) is 0 Å². The molecular formula is C14H16ClNS. The van der Waals surface area contributed by atoms with Gasteiger partial charge in [0.25, 0.3) is 0 Å². The van der Waals surface area contributed by atoms with Crippen LogP contribution >= 0.6 is 22.9 Å². The number of thiophene rings is 1. The summed E-state index contributed by atoms with van der Waals surface area (Å²) in [5.41, 5.74) is 2.62. The van der Waals surface area contributed by atoms with Gasteiger partial charge < -0.3 is 5.32 Å². The number of halogens is 1. The zero-order valence-electron chi connectivity index (χ0n) is 10.1. The summed E-state index contributed by atoms with van der Waals surface area (Å²) in [7, 11) is 0. The Morgan fingerprint density at radius 2 is 2.00 bits per heavy atom. The molecule has 90 valence electrons. The quantitative estimate of drug-likeness (QED) is 0.869. The van der Waals surface area contributed by atoms with Gasteiger partial charge in [-0.2, -0.15) is 0 Å². The molecule has 1 N–H and O–H groups in total. The van der Waals surface area contributed by atoms with E-state index in [1.54, 1.807) is 0 Å². The molecule has 0 unspecified atom stereocenters. The molecule has 1 aromatic carbocycles. The Kier molecular flexibility index (Phi) is 4.21. The Morgan fingerprint density at radius 1 is 1.18 bits per heavy atom. The Bertz CT molecular complexity index is 505. The Hall–Kier alpha value is -0.830. The van der Waals surface area contributed by atoms with Crippen molar-refractivity contribution in [2.45, 2.75) is 26.9 Å². The maximum atomic E-state index is 5.94. The topological polar surface area (TPSA) is 12.0 Å². The van der Waals surface area contributed by atoms with E-state index >= 15 is 0 Å². The summed E-state index contributed by atoms with van der Waals surface area (Å²) in [6, 6.07) is 10.2. The molecule has 0 aliphatic carbocycles. The van der Waals surface area contributed by atoms with Crippen molar-refractivity contribution in [3.63, 3.8) is 0 Å². The van der Waals surface area contributed by atoms with Gasteiger partial charge >= 0.3 is 0 Å². The second-order valence-electron chi connectivity index (χ2n) is 4.17. The summed E-state index contributed by atoms with van der Waals surface area (Å²) in [6.07, 6.45) is 0. The third-order valence-electron chi connectivity index (χ3n) is 2.68. The Balaban J connectivity index is 1.89. The molecule has 1 nitrogen and oxygen atoms in total. The molecule has 2 rings (SSSR count). The SMILES string of the molecule is Cc1cc(CNCc2cccc(Cl)c2)c(C)s1. The van der Waals surface area contributed by atoms with Crippen molar-refractivity contribution in [1.82, 2.24) is 5.32 Å². The monoisotopic (exact) mass is 265 g/mol. The van der Waals surface area contributed by atoms with E-state index in [2.05, 4.69) is 31.3 Å². The minimum Gasteiger partial charge on any atom is -0.309 e. The molecule has 0 aliphatic heterocycles. The van der Waals surface area contributed by atoms with Crippen LogP contribution in [0.3, 0.4) is 0 Å². The summed E-state index contributed by atoms with van der Waals surface area (Å²) < 4.78 is 0. The molecule has 17 heavy (non-hydrogen) atoms. The average molecular weight is 266 g/mol. The molecule has 1 heterocycles. The fraction of sp³-hybridized carbons (Fsp3) is 0.286. The zero-order valence-corrected chi connectivity index (χ0v) is 11.7. The van der Waals surface area contributed by atoms with Crippen LogP contribution in [-0.4, -0.2) is 0 Å². The van der Waals surface area contributed by atoms with E-state index < -0.39 is 0 Å². The number of aryl methyl sites for hydroxylation is 2. The molecule has 0 radical (unpaired) electrons. The molecule has 2 aromatic rings. The lowest BCUT2D eigenvalue weighted by Crippen LogP contribution is -2.12. The normalized spacial score (nSPS) is 10.8. The molecule has 0 fully saturated rings. The lowest BCUT2D eigenvalue weighted by Gasteiger charge is -2.05. The van der Waals surface area contributed by atoms with Crippen LogP contribution in [0.15, 0.2) is 30.3 Å². The highest BCUT2D eigenvalue weighted by atomic mass is 35.5. The van der Waals surface area contributed by atoms with E-state index in [4.69, 9.17) is 11.6 Å². The van der Waals surface area contributed by atoms with Crippen molar-refractivity contribution < 1.29 is 0 Å². The second-order valence-corrected chi connectivity index (χ2v) is 6.07. The molecule has 0 saturated carbocycles. The van der Waals surface area contributed by atoms with Crippen LogP contribution in [0.25, 0.3) is 0 Å². The lowest BCUT2D eigenvalue weighted by atomic mass is 10.2. The van der Waals surface area contributed by atoms with Gasteiger partial charge in [0.15, 0.2) is 0 Å². The van der Waals surface area contributed by atoms with Crippen LogP contribution in [0.4, 0.5) is 0 Å². The fourth-order valence-electron chi connectivity index (χ4n) is 1.85. The smallest absolute Gasteiger partial charge is 0.0409 e. The fourth-order valence-corrected chi connectivity index (χ4v) is 3.01. The van der Waals surface area contributed by atoms with E-state index in [9.17, 15) is 0 Å². The largest absolute Gasteiger partial charge is 0.309 e. The van der Waals surface area contributed by atoms with Gasteiger partial charge in [0.1, 0.15) is 0 Å². The number of hydrogen-bond acceptors (Lipinski definition) is 2. The number of hydrogen-bond donors (Lipinski definition) is 1. The first-order valence-electron chi connectivity index (χ1n) is 5.66. The molecule has 3 heteroatoms. The van der Waals surface area contributed by atoms with E-state index in [1.807, 2.05) is 29.5 Å². The van der Waals surface area contributed by atoms with Crippen molar-refractivity contribution in [2.24, 2.45) is 0 Å². The maximum absolute atomic E-state index is 5.94. The molecule has 0 aliphatic rings. The summed E-state index contributed by atoms with van der Waals surface area (Å²) in [6.45, 7) is 6.10. The van der Waals surface area contributed by atoms with E-state index in [1.165, 1.54) is 20.9 Å². The predicted molar refractivity (Wildman–Crippen MR) is 75.8 cm³/mol.